The molecule has 6 heteroatoms. The minimum atomic E-state index is -3.13. The minimum absolute atomic E-state index is 0.116. The third-order valence-electron chi connectivity index (χ3n) is 2.69. The normalized spacial score (nSPS) is 11.5. The van der Waals surface area contributed by atoms with Crippen molar-refractivity contribution in [1.29, 1.82) is 0 Å². The predicted molar refractivity (Wildman–Crippen MR) is 82.9 cm³/mol. The molecule has 1 heterocycles. The van der Waals surface area contributed by atoms with E-state index in [2.05, 4.69) is 27.9 Å². The lowest BCUT2D eigenvalue weighted by molar-refractivity contribution is 0.493. The number of nitrogens with one attached hydrogen (secondary N) is 1. The standard InChI is InChI=1S/C13H14INO3S/c1-2-19(16,17)12-6-3-10(4-7-12)15-9-11-5-8-13(14)18-11/h3-8,15H,2,9H2,1H3. The molecule has 0 radical (unpaired) electrons. The fourth-order valence-corrected chi connectivity index (χ4v) is 2.93. The molecule has 1 aromatic carbocycles. The SMILES string of the molecule is CCS(=O)(=O)c1ccc(NCc2ccc(I)o2)cc1. The number of benzene rings is 1. The van der Waals surface area contributed by atoms with Gasteiger partial charge in [0.25, 0.3) is 0 Å². The minimum Gasteiger partial charge on any atom is -0.454 e. The average Bonchev–Trinajstić information content (AvgIpc) is 2.83. The van der Waals surface area contributed by atoms with Crippen molar-refractivity contribution in [2.45, 2.75) is 18.4 Å². The van der Waals surface area contributed by atoms with Crippen LogP contribution in [0.3, 0.4) is 0 Å². The number of rotatable bonds is 5. The smallest absolute Gasteiger partial charge is 0.178 e. The van der Waals surface area contributed by atoms with Gasteiger partial charge in [0, 0.05) is 5.69 Å². The topological polar surface area (TPSA) is 59.3 Å². The summed E-state index contributed by atoms with van der Waals surface area (Å²) < 4.78 is 29.6. The Labute approximate surface area is 126 Å². The summed E-state index contributed by atoms with van der Waals surface area (Å²) in [5.74, 6) is 0.958. The predicted octanol–water partition coefficient (Wildman–Crippen LogP) is 3.29. The molecule has 0 fully saturated rings. The summed E-state index contributed by atoms with van der Waals surface area (Å²) in [7, 11) is -3.13. The van der Waals surface area contributed by atoms with Gasteiger partial charge in [0.15, 0.2) is 13.6 Å². The molecule has 1 N–H and O–H groups in total. The monoisotopic (exact) mass is 391 g/mol. The van der Waals surface area contributed by atoms with Crippen molar-refractivity contribution in [2.24, 2.45) is 0 Å². The molecule has 0 aliphatic carbocycles. The molecule has 0 saturated carbocycles. The van der Waals surface area contributed by atoms with Crippen LogP contribution in [0, 0.1) is 3.77 Å². The third-order valence-corrected chi connectivity index (χ3v) is 5.02. The van der Waals surface area contributed by atoms with E-state index in [4.69, 9.17) is 4.42 Å². The first-order valence-electron chi connectivity index (χ1n) is 5.82. The lowest BCUT2D eigenvalue weighted by Gasteiger charge is -2.06. The fraction of sp³-hybridized carbons (Fsp3) is 0.231. The van der Waals surface area contributed by atoms with Crippen LogP contribution in [0.25, 0.3) is 0 Å². The van der Waals surface area contributed by atoms with Gasteiger partial charge in [-0.3, -0.25) is 0 Å². The molecule has 0 bridgehead atoms. The largest absolute Gasteiger partial charge is 0.454 e. The van der Waals surface area contributed by atoms with Crippen molar-refractivity contribution in [3.8, 4) is 0 Å². The Balaban J connectivity index is 2.03. The van der Waals surface area contributed by atoms with Crippen LogP contribution in [0.4, 0.5) is 5.69 Å². The Morgan fingerprint density at radius 1 is 1.16 bits per heavy atom. The summed E-state index contributed by atoms with van der Waals surface area (Å²) in [6, 6.07) is 10.6. The molecule has 0 spiro atoms. The van der Waals surface area contributed by atoms with Crippen LogP contribution in [-0.2, 0) is 16.4 Å². The van der Waals surface area contributed by atoms with Crippen molar-refractivity contribution in [1.82, 2.24) is 0 Å². The van der Waals surface area contributed by atoms with E-state index in [-0.39, 0.29) is 5.75 Å². The molecular weight excluding hydrogens is 377 g/mol. The Morgan fingerprint density at radius 3 is 2.37 bits per heavy atom. The molecule has 19 heavy (non-hydrogen) atoms. The fourth-order valence-electron chi connectivity index (χ4n) is 1.58. The number of furan rings is 1. The second-order valence-electron chi connectivity index (χ2n) is 3.99. The van der Waals surface area contributed by atoms with Crippen molar-refractivity contribution < 1.29 is 12.8 Å². The van der Waals surface area contributed by atoms with E-state index < -0.39 is 9.84 Å². The van der Waals surface area contributed by atoms with Crippen molar-refractivity contribution in [3.05, 3.63) is 45.9 Å². The molecule has 0 aliphatic heterocycles. The van der Waals surface area contributed by atoms with Gasteiger partial charge in [0.05, 0.1) is 17.2 Å². The van der Waals surface area contributed by atoms with E-state index in [0.717, 1.165) is 15.2 Å². The van der Waals surface area contributed by atoms with Crippen LogP contribution in [0.2, 0.25) is 0 Å². The number of sulfone groups is 1. The first kappa shape index (κ1) is 14.4. The van der Waals surface area contributed by atoms with Crippen LogP contribution in [0.5, 0.6) is 0 Å². The van der Waals surface area contributed by atoms with E-state index in [0.29, 0.717) is 11.4 Å². The number of anilines is 1. The molecular formula is C13H14INO3S. The second kappa shape index (κ2) is 5.96. The highest BCUT2D eigenvalue weighted by molar-refractivity contribution is 14.1. The zero-order valence-corrected chi connectivity index (χ0v) is 13.4. The van der Waals surface area contributed by atoms with Crippen molar-refractivity contribution >= 4 is 38.1 Å². The van der Waals surface area contributed by atoms with Crippen molar-refractivity contribution in [2.75, 3.05) is 11.1 Å². The molecule has 2 aromatic rings. The number of hydrogen-bond donors (Lipinski definition) is 1. The number of halogens is 1. The Hall–Kier alpha value is -1.02. The highest BCUT2D eigenvalue weighted by atomic mass is 127. The zero-order valence-electron chi connectivity index (χ0n) is 10.4. The second-order valence-corrected chi connectivity index (χ2v) is 7.33. The molecule has 4 nitrogen and oxygen atoms in total. The van der Waals surface area contributed by atoms with Crippen LogP contribution < -0.4 is 5.32 Å². The van der Waals surface area contributed by atoms with Gasteiger partial charge in [-0.2, -0.15) is 0 Å². The van der Waals surface area contributed by atoms with Crippen LogP contribution in [0.1, 0.15) is 12.7 Å². The molecule has 0 amide bonds. The third kappa shape index (κ3) is 3.73. The summed E-state index contributed by atoms with van der Waals surface area (Å²) in [5.41, 5.74) is 0.862. The van der Waals surface area contributed by atoms with Crippen molar-refractivity contribution in [3.63, 3.8) is 0 Å². The maximum atomic E-state index is 11.7. The van der Waals surface area contributed by atoms with Gasteiger partial charge in [-0.05, 0) is 59.0 Å². The van der Waals surface area contributed by atoms with Gasteiger partial charge in [-0.15, -0.1) is 0 Å². The molecule has 0 atom stereocenters. The molecule has 1 aromatic heterocycles. The van der Waals surface area contributed by atoms with Gasteiger partial charge in [-0.1, -0.05) is 6.92 Å². The van der Waals surface area contributed by atoms with Gasteiger partial charge in [0.2, 0.25) is 0 Å². The lowest BCUT2D eigenvalue weighted by atomic mass is 10.3. The quantitative estimate of drug-likeness (QED) is 0.795. The molecule has 0 saturated heterocycles. The molecule has 0 aliphatic rings. The summed E-state index contributed by atoms with van der Waals surface area (Å²) in [5, 5.41) is 3.18. The highest BCUT2D eigenvalue weighted by Gasteiger charge is 2.10. The van der Waals surface area contributed by atoms with E-state index in [1.165, 1.54) is 0 Å². The summed E-state index contributed by atoms with van der Waals surface area (Å²) in [6.45, 7) is 2.21. The molecule has 0 unspecified atom stereocenters. The van der Waals surface area contributed by atoms with Gasteiger partial charge >= 0.3 is 0 Å². The molecule has 2 rings (SSSR count). The highest BCUT2D eigenvalue weighted by Crippen LogP contribution is 2.17. The van der Waals surface area contributed by atoms with Crippen LogP contribution in [0.15, 0.2) is 45.7 Å². The molecule has 102 valence electrons. The average molecular weight is 391 g/mol. The van der Waals surface area contributed by atoms with E-state index in [9.17, 15) is 8.42 Å². The summed E-state index contributed by atoms with van der Waals surface area (Å²) in [6.07, 6.45) is 0. The van der Waals surface area contributed by atoms with E-state index in [1.807, 2.05) is 12.1 Å². The Bertz CT molecular complexity index is 647. The maximum Gasteiger partial charge on any atom is 0.178 e. The van der Waals surface area contributed by atoms with Gasteiger partial charge in [0.1, 0.15) is 5.76 Å². The Kier molecular flexibility index (Phi) is 4.51. The first-order valence-corrected chi connectivity index (χ1v) is 8.55. The van der Waals surface area contributed by atoms with Gasteiger partial charge in [-0.25, -0.2) is 8.42 Å². The zero-order chi connectivity index (χ0) is 13.9. The summed E-state index contributed by atoms with van der Waals surface area (Å²) >= 11 is 2.11. The summed E-state index contributed by atoms with van der Waals surface area (Å²) in [4.78, 5) is 0.355. The van der Waals surface area contributed by atoms with Crippen LogP contribution >= 0.6 is 22.6 Å². The van der Waals surface area contributed by atoms with Crippen LogP contribution in [-0.4, -0.2) is 14.2 Å². The first-order chi connectivity index (χ1) is 9.01. The Morgan fingerprint density at radius 2 is 1.84 bits per heavy atom. The van der Waals surface area contributed by atoms with Gasteiger partial charge < -0.3 is 9.73 Å². The van der Waals surface area contributed by atoms with E-state index in [1.54, 1.807) is 31.2 Å². The number of hydrogen-bond acceptors (Lipinski definition) is 4. The lowest BCUT2D eigenvalue weighted by Crippen LogP contribution is -2.04. The maximum absolute atomic E-state index is 11.7. The van der Waals surface area contributed by atoms with E-state index >= 15 is 0 Å².